The van der Waals surface area contributed by atoms with Crippen molar-refractivity contribution in [2.45, 2.75) is 6.18 Å². The summed E-state index contributed by atoms with van der Waals surface area (Å²) in [4.78, 5) is 28.4. The molecule has 0 unspecified atom stereocenters. The van der Waals surface area contributed by atoms with E-state index in [0.717, 1.165) is 0 Å². The Morgan fingerprint density at radius 2 is 1.95 bits per heavy atom. The summed E-state index contributed by atoms with van der Waals surface area (Å²) in [6.45, 7) is -2.66. The number of carboxylic acid groups (broad SMARTS) is 1. The van der Waals surface area contributed by atoms with Crippen LogP contribution in [0.5, 0.6) is 0 Å². The minimum atomic E-state index is -4.68. The molecule has 0 bridgehead atoms. The Kier molecular flexibility index (Phi) is 5.12. The van der Waals surface area contributed by atoms with Gasteiger partial charge in [0.1, 0.15) is 18.9 Å². The molecule has 0 atom stereocenters. The van der Waals surface area contributed by atoms with Crippen molar-refractivity contribution in [2.24, 2.45) is 0 Å². The summed E-state index contributed by atoms with van der Waals surface area (Å²) >= 11 is 0. The van der Waals surface area contributed by atoms with Crippen molar-refractivity contribution in [1.82, 2.24) is 9.88 Å². The summed E-state index contributed by atoms with van der Waals surface area (Å²) in [5, 5.41) is 8.64. The van der Waals surface area contributed by atoms with E-state index in [1.54, 1.807) is 19.0 Å². The number of nitrogens with zero attached hydrogens (tertiary/aromatic N) is 3. The zero-order valence-corrected chi connectivity index (χ0v) is 11.4. The predicted octanol–water partition coefficient (Wildman–Crippen LogP) is 1.24. The van der Waals surface area contributed by atoms with Gasteiger partial charge in [-0.1, -0.05) is 0 Å². The van der Waals surface area contributed by atoms with Crippen molar-refractivity contribution in [3.63, 3.8) is 0 Å². The third kappa shape index (κ3) is 5.28. The van der Waals surface area contributed by atoms with Crippen LogP contribution in [-0.2, 0) is 4.79 Å². The van der Waals surface area contributed by atoms with E-state index in [1.807, 2.05) is 0 Å². The van der Waals surface area contributed by atoms with Crippen molar-refractivity contribution in [3.8, 4) is 0 Å². The number of hydrogen-bond donors (Lipinski definition) is 1. The summed E-state index contributed by atoms with van der Waals surface area (Å²) in [6.07, 6.45) is -3.41. The van der Waals surface area contributed by atoms with Crippen molar-refractivity contribution in [3.05, 3.63) is 23.9 Å². The van der Waals surface area contributed by atoms with Gasteiger partial charge in [0.15, 0.2) is 0 Å². The maximum atomic E-state index is 12.4. The Morgan fingerprint density at radius 3 is 2.43 bits per heavy atom. The molecular weight excluding hydrogens is 291 g/mol. The van der Waals surface area contributed by atoms with Gasteiger partial charge in [-0.25, -0.2) is 4.98 Å². The monoisotopic (exact) mass is 305 g/mol. The number of carbonyl (C=O) groups is 2. The minimum absolute atomic E-state index is 0.0563. The van der Waals surface area contributed by atoms with E-state index in [-0.39, 0.29) is 10.5 Å². The average Bonchev–Trinajstić information content (AvgIpc) is 2.35. The largest absolute Gasteiger partial charge is 0.480 e. The lowest BCUT2D eigenvalue weighted by Crippen LogP contribution is -2.42. The molecule has 6 nitrogen and oxygen atoms in total. The van der Waals surface area contributed by atoms with Gasteiger partial charge in [0.25, 0.3) is 5.91 Å². The number of pyridine rings is 1. The first-order chi connectivity index (χ1) is 9.60. The highest BCUT2D eigenvalue weighted by Crippen LogP contribution is 2.19. The van der Waals surface area contributed by atoms with Gasteiger partial charge < -0.3 is 14.9 Å². The number of hydrogen-bond acceptors (Lipinski definition) is 4. The summed E-state index contributed by atoms with van der Waals surface area (Å²) in [5.74, 6) is -2.15. The fraction of sp³-hybridized carbons (Fsp3) is 0.417. The maximum Gasteiger partial charge on any atom is 0.406 e. The highest BCUT2D eigenvalue weighted by molar-refractivity contribution is 5.96. The van der Waals surface area contributed by atoms with Crippen LogP contribution in [0.3, 0.4) is 0 Å². The number of anilines is 1. The van der Waals surface area contributed by atoms with Crippen molar-refractivity contribution >= 4 is 17.7 Å². The van der Waals surface area contributed by atoms with E-state index in [2.05, 4.69) is 4.98 Å². The summed E-state index contributed by atoms with van der Waals surface area (Å²) in [6, 6.07) is 2.54. The van der Waals surface area contributed by atoms with E-state index in [4.69, 9.17) is 5.11 Å². The first-order valence-electron chi connectivity index (χ1n) is 5.81. The van der Waals surface area contributed by atoms with E-state index in [9.17, 15) is 22.8 Å². The Balaban J connectivity index is 3.04. The molecule has 9 heteroatoms. The van der Waals surface area contributed by atoms with Crippen molar-refractivity contribution < 1.29 is 27.9 Å². The van der Waals surface area contributed by atoms with Gasteiger partial charge in [0, 0.05) is 25.9 Å². The second-order valence-electron chi connectivity index (χ2n) is 4.47. The zero-order chi connectivity index (χ0) is 16.2. The molecule has 0 aliphatic heterocycles. The Hall–Kier alpha value is -2.32. The van der Waals surface area contributed by atoms with Gasteiger partial charge in [0.05, 0.1) is 0 Å². The second-order valence-corrected chi connectivity index (χ2v) is 4.47. The molecule has 0 aromatic carbocycles. The molecule has 21 heavy (non-hydrogen) atoms. The standard InChI is InChI=1S/C12H14F3N3O3/c1-17(2)9-5-8(3-4-16-9)11(21)18(6-10(19)20)7-12(13,14)15/h3-5H,6-7H2,1-2H3,(H,19,20). The van der Waals surface area contributed by atoms with Gasteiger partial charge in [-0.15, -0.1) is 0 Å². The quantitative estimate of drug-likeness (QED) is 0.886. The molecule has 0 fully saturated rings. The first-order valence-corrected chi connectivity index (χ1v) is 5.81. The number of alkyl halides is 3. The molecule has 1 heterocycles. The van der Waals surface area contributed by atoms with Crippen molar-refractivity contribution in [1.29, 1.82) is 0 Å². The molecule has 1 rings (SSSR count). The number of aromatic nitrogens is 1. The Morgan fingerprint density at radius 1 is 1.33 bits per heavy atom. The molecule has 1 aromatic rings. The molecule has 1 aromatic heterocycles. The third-order valence-corrected chi connectivity index (χ3v) is 2.43. The van der Waals surface area contributed by atoms with Crippen LogP contribution in [0, 0.1) is 0 Å². The van der Waals surface area contributed by atoms with Gasteiger partial charge in [-0.3, -0.25) is 9.59 Å². The van der Waals surface area contributed by atoms with Crippen LogP contribution >= 0.6 is 0 Å². The summed E-state index contributed by atoms with van der Waals surface area (Å²) in [5.41, 5.74) is -0.0563. The van der Waals surface area contributed by atoms with E-state index in [1.165, 1.54) is 18.3 Å². The Labute approximate surface area is 118 Å². The van der Waals surface area contributed by atoms with Gasteiger partial charge in [0.2, 0.25) is 0 Å². The number of aliphatic carboxylic acids is 1. The zero-order valence-electron chi connectivity index (χ0n) is 11.4. The van der Waals surface area contributed by atoms with E-state index >= 15 is 0 Å². The SMILES string of the molecule is CN(C)c1cc(C(=O)N(CC(=O)O)CC(F)(F)F)ccn1. The van der Waals surface area contributed by atoms with Crippen LogP contribution < -0.4 is 4.90 Å². The lowest BCUT2D eigenvalue weighted by atomic mass is 10.2. The normalized spacial score (nSPS) is 11.1. The molecule has 116 valence electrons. The number of halogens is 3. The van der Waals surface area contributed by atoms with Crippen LogP contribution in [0.1, 0.15) is 10.4 Å². The highest BCUT2D eigenvalue weighted by Gasteiger charge is 2.34. The third-order valence-electron chi connectivity index (χ3n) is 2.43. The van der Waals surface area contributed by atoms with Crippen LogP contribution in [0.4, 0.5) is 19.0 Å². The summed E-state index contributed by atoms with van der Waals surface area (Å²) in [7, 11) is 3.31. The maximum absolute atomic E-state index is 12.4. The van der Waals surface area contributed by atoms with Gasteiger partial charge in [-0.05, 0) is 12.1 Å². The fourth-order valence-electron chi connectivity index (χ4n) is 1.56. The van der Waals surface area contributed by atoms with Crippen LogP contribution in [0.25, 0.3) is 0 Å². The minimum Gasteiger partial charge on any atom is -0.480 e. The number of rotatable bonds is 5. The predicted molar refractivity (Wildman–Crippen MR) is 68.2 cm³/mol. The number of amides is 1. The molecule has 0 saturated heterocycles. The second kappa shape index (κ2) is 6.42. The van der Waals surface area contributed by atoms with Gasteiger partial charge in [-0.2, -0.15) is 13.2 Å². The van der Waals surface area contributed by atoms with Crippen LogP contribution in [0.2, 0.25) is 0 Å². The Bertz CT molecular complexity index is 532. The molecule has 0 spiro atoms. The first kappa shape index (κ1) is 16.7. The fourth-order valence-corrected chi connectivity index (χ4v) is 1.56. The topological polar surface area (TPSA) is 73.7 Å². The van der Waals surface area contributed by atoms with Crippen LogP contribution in [-0.4, -0.2) is 60.2 Å². The molecule has 0 aliphatic carbocycles. The van der Waals surface area contributed by atoms with Crippen molar-refractivity contribution in [2.75, 3.05) is 32.1 Å². The smallest absolute Gasteiger partial charge is 0.406 e. The molecule has 0 radical (unpaired) electrons. The molecule has 0 aliphatic rings. The average molecular weight is 305 g/mol. The van der Waals surface area contributed by atoms with Gasteiger partial charge >= 0.3 is 12.1 Å². The molecular formula is C12H14F3N3O3. The van der Waals surface area contributed by atoms with E-state index in [0.29, 0.717) is 5.82 Å². The molecule has 1 N–H and O–H groups in total. The summed E-state index contributed by atoms with van der Waals surface area (Å²) < 4.78 is 37.3. The van der Waals surface area contributed by atoms with Crippen LogP contribution in [0.15, 0.2) is 18.3 Å². The highest BCUT2D eigenvalue weighted by atomic mass is 19.4. The van der Waals surface area contributed by atoms with E-state index < -0.39 is 31.1 Å². The molecule has 1 amide bonds. The molecule has 0 saturated carbocycles. The lowest BCUT2D eigenvalue weighted by molar-refractivity contribution is -0.149. The lowest BCUT2D eigenvalue weighted by Gasteiger charge is -2.22. The number of carbonyl (C=O) groups excluding carboxylic acids is 1. The number of carboxylic acids is 1.